The summed E-state index contributed by atoms with van der Waals surface area (Å²) >= 11 is 0. The lowest BCUT2D eigenvalue weighted by Gasteiger charge is -2.42. The summed E-state index contributed by atoms with van der Waals surface area (Å²) in [5, 5.41) is 10.1. The van der Waals surface area contributed by atoms with Gasteiger partial charge in [0.1, 0.15) is 0 Å². The van der Waals surface area contributed by atoms with E-state index in [4.69, 9.17) is 4.74 Å². The molecule has 0 unspecified atom stereocenters. The monoisotopic (exact) mass is 313 g/mol. The molecular weight excluding hydrogens is 294 g/mol. The van der Waals surface area contributed by atoms with Gasteiger partial charge in [0.2, 0.25) is 0 Å². The van der Waals surface area contributed by atoms with E-state index < -0.39 is 0 Å². The van der Waals surface area contributed by atoms with Gasteiger partial charge in [0.15, 0.2) is 5.82 Å². The predicted octanol–water partition coefficient (Wildman–Crippen LogP) is 1.39. The minimum absolute atomic E-state index is 0.0307. The van der Waals surface area contributed by atoms with Crippen LogP contribution >= 0.6 is 0 Å². The Morgan fingerprint density at radius 2 is 2.30 bits per heavy atom. The first-order chi connectivity index (χ1) is 11.1. The lowest BCUT2D eigenvalue weighted by Crippen LogP contribution is -2.60. The molecule has 2 saturated heterocycles. The molecule has 2 aliphatic heterocycles. The van der Waals surface area contributed by atoms with Crippen molar-refractivity contribution in [1.82, 2.24) is 25.4 Å². The second-order valence-corrected chi connectivity index (χ2v) is 6.65. The molecule has 2 N–H and O–H groups in total. The second-order valence-electron chi connectivity index (χ2n) is 6.65. The predicted molar refractivity (Wildman–Crippen MR) is 83.1 cm³/mol. The van der Waals surface area contributed by atoms with E-state index in [0.717, 1.165) is 24.2 Å². The molecule has 7 nitrogen and oxygen atoms in total. The van der Waals surface area contributed by atoms with Crippen molar-refractivity contribution in [3.63, 3.8) is 0 Å². The van der Waals surface area contributed by atoms with E-state index in [1.807, 2.05) is 24.4 Å². The molecule has 120 valence electrons. The van der Waals surface area contributed by atoms with Gasteiger partial charge < -0.3 is 15.4 Å². The van der Waals surface area contributed by atoms with Crippen LogP contribution in [0.4, 0.5) is 4.79 Å². The highest BCUT2D eigenvalue weighted by Crippen LogP contribution is 2.50. The molecule has 2 aromatic heterocycles. The number of amides is 2. The molecule has 1 saturated carbocycles. The van der Waals surface area contributed by atoms with E-state index in [1.54, 1.807) is 17.1 Å². The van der Waals surface area contributed by atoms with Gasteiger partial charge in [-0.1, -0.05) is 0 Å². The van der Waals surface area contributed by atoms with E-state index in [-0.39, 0.29) is 17.2 Å². The Labute approximate surface area is 134 Å². The van der Waals surface area contributed by atoms with Gasteiger partial charge in [-0.3, -0.25) is 0 Å². The highest BCUT2D eigenvalue weighted by molar-refractivity contribution is 5.75. The molecule has 23 heavy (non-hydrogen) atoms. The number of aromatic nitrogens is 3. The van der Waals surface area contributed by atoms with Gasteiger partial charge in [0, 0.05) is 38.0 Å². The van der Waals surface area contributed by atoms with Gasteiger partial charge in [-0.25, -0.2) is 14.5 Å². The van der Waals surface area contributed by atoms with E-state index in [1.165, 1.54) is 0 Å². The van der Waals surface area contributed by atoms with Crippen molar-refractivity contribution in [3.8, 4) is 5.82 Å². The summed E-state index contributed by atoms with van der Waals surface area (Å²) in [6.07, 6.45) is 7.04. The molecule has 2 amide bonds. The number of nitrogens with zero attached hydrogens (tertiary/aromatic N) is 3. The largest absolute Gasteiger partial charge is 0.373 e. The Morgan fingerprint density at radius 1 is 1.43 bits per heavy atom. The van der Waals surface area contributed by atoms with Gasteiger partial charge >= 0.3 is 6.03 Å². The number of hydrogen-bond acceptors (Lipinski definition) is 4. The molecule has 5 rings (SSSR count). The smallest absolute Gasteiger partial charge is 0.315 e. The zero-order chi connectivity index (χ0) is 15.9. The van der Waals surface area contributed by atoms with Crippen LogP contribution in [0.2, 0.25) is 0 Å². The van der Waals surface area contributed by atoms with Gasteiger partial charge in [0.25, 0.3) is 0 Å². The van der Waals surface area contributed by atoms with Crippen molar-refractivity contribution >= 4 is 6.03 Å². The molecule has 0 spiro atoms. The first-order valence-electron chi connectivity index (χ1n) is 7.71. The molecule has 1 aliphatic carbocycles. The fourth-order valence-corrected chi connectivity index (χ4v) is 3.59. The van der Waals surface area contributed by atoms with Crippen LogP contribution in [0, 0.1) is 0 Å². The van der Waals surface area contributed by atoms with E-state index in [0.29, 0.717) is 13.2 Å². The summed E-state index contributed by atoms with van der Waals surface area (Å²) in [7, 11) is 0. The van der Waals surface area contributed by atoms with Crippen molar-refractivity contribution in [3.05, 3.63) is 42.4 Å². The zero-order valence-electron chi connectivity index (χ0n) is 13.0. The number of nitrogens with one attached hydrogen (secondary N) is 2. The molecule has 0 radical (unpaired) electrons. The molecule has 3 fully saturated rings. The Hall–Kier alpha value is -2.41. The fraction of sp³-hybridized carbons (Fsp3) is 0.438. The number of hydrogen-bond donors (Lipinski definition) is 2. The lowest BCUT2D eigenvalue weighted by atomic mass is 9.69. The molecule has 4 heterocycles. The van der Waals surface area contributed by atoms with Gasteiger partial charge in [-0.05, 0) is 30.7 Å². The van der Waals surface area contributed by atoms with Gasteiger partial charge in [-0.2, -0.15) is 5.10 Å². The molecule has 7 heteroatoms. The van der Waals surface area contributed by atoms with Crippen LogP contribution in [0.5, 0.6) is 0 Å². The average molecular weight is 313 g/mol. The van der Waals surface area contributed by atoms with Crippen LogP contribution in [0.25, 0.3) is 5.82 Å². The summed E-state index contributed by atoms with van der Waals surface area (Å²) in [6, 6.07) is 5.47. The summed E-state index contributed by atoms with van der Waals surface area (Å²) in [4.78, 5) is 16.4. The minimum Gasteiger partial charge on any atom is -0.373 e. The number of ether oxygens (including phenoxy) is 1. The first kappa shape index (κ1) is 14.2. The zero-order valence-corrected chi connectivity index (χ0v) is 13.0. The van der Waals surface area contributed by atoms with E-state index in [2.05, 4.69) is 27.6 Å². The normalized spacial score (nSPS) is 28.2. The van der Waals surface area contributed by atoms with Crippen LogP contribution in [0.3, 0.4) is 0 Å². The molecule has 3 aliphatic rings. The Kier molecular flexibility index (Phi) is 3.12. The number of fused-ring (bicyclic) bond motifs is 1. The van der Waals surface area contributed by atoms with E-state index in [9.17, 15) is 4.79 Å². The average Bonchev–Trinajstić information content (AvgIpc) is 3.20. The maximum atomic E-state index is 12.1. The standard InChI is InChI=1S/C16H19N5O2/c1-15-9-16(10-15,11-23-15)20-14(22)18-8-12-3-5-17-13(7-12)21-6-2-4-19-21/h2-7H,8-11H2,1H3,(H2,18,20,22). The lowest BCUT2D eigenvalue weighted by molar-refractivity contribution is 0.0139. The van der Waals surface area contributed by atoms with Crippen LogP contribution in [0.15, 0.2) is 36.8 Å². The summed E-state index contributed by atoms with van der Waals surface area (Å²) in [6.45, 7) is 3.14. The Balaban J connectivity index is 1.34. The van der Waals surface area contributed by atoms with Crippen molar-refractivity contribution in [1.29, 1.82) is 0 Å². The topological polar surface area (TPSA) is 81.1 Å². The Bertz CT molecular complexity index is 722. The summed E-state index contributed by atoms with van der Waals surface area (Å²) in [5.41, 5.74) is 0.771. The molecular formula is C16H19N5O2. The maximum absolute atomic E-state index is 12.1. The molecule has 2 bridgehead atoms. The highest BCUT2D eigenvalue weighted by atomic mass is 16.5. The molecule has 0 atom stereocenters. The van der Waals surface area contributed by atoms with Crippen LogP contribution in [-0.4, -0.2) is 38.5 Å². The van der Waals surface area contributed by atoms with Crippen LogP contribution < -0.4 is 10.6 Å². The third-order valence-electron chi connectivity index (χ3n) is 4.50. The van der Waals surface area contributed by atoms with Crippen molar-refractivity contribution < 1.29 is 9.53 Å². The molecule has 2 aromatic rings. The van der Waals surface area contributed by atoms with E-state index >= 15 is 0 Å². The summed E-state index contributed by atoms with van der Waals surface area (Å²) < 4.78 is 7.37. The fourth-order valence-electron chi connectivity index (χ4n) is 3.59. The van der Waals surface area contributed by atoms with Gasteiger partial charge in [-0.15, -0.1) is 0 Å². The number of rotatable bonds is 4. The number of pyridine rings is 1. The molecule has 0 aromatic carbocycles. The van der Waals surface area contributed by atoms with Crippen molar-refractivity contribution in [2.75, 3.05) is 6.61 Å². The third-order valence-corrected chi connectivity index (χ3v) is 4.50. The van der Waals surface area contributed by atoms with Crippen LogP contribution in [-0.2, 0) is 11.3 Å². The van der Waals surface area contributed by atoms with Gasteiger partial charge in [0.05, 0.1) is 17.7 Å². The minimum atomic E-state index is -0.169. The second kappa shape index (κ2) is 5.06. The van der Waals surface area contributed by atoms with Crippen molar-refractivity contribution in [2.24, 2.45) is 0 Å². The Morgan fingerprint density at radius 3 is 3.00 bits per heavy atom. The number of carbonyl (C=O) groups excluding carboxylic acids is 1. The number of carbonyl (C=O) groups is 1. The van der Waals surface area contributed by atoms with Crippen molar-refractivity contribution in [2.45, 2.75) is 37.5 Å². The SMILES string of the molecule is CC12CC(NC(=O)NCc3ccnc(-n4cccn4)c3)(CO1)C2. The third kappa shape index (κ3) is 2.68. The maximum Gasteiger partial charge on any atom is 0.315 e. The first-order valence-corrected chi connectivity index (χ1v) is 7.71. The number of urea groups is 1. The highest BCUT2D eigenvalue weighted by Gasteiger charge is 2.60. The summed E-state index contributed by atoms with van der Waals surface area (Å²) in [5.74, 6) is 0.729. The van der Waals surface area contributed by atoms with Crippen LogP contribution in [0.1, 0.15) is 25.3 Å². The quantitative estimate of drug-likeness (QED) is 0.894.